The first-order valence-corrected chi connectivity index (χ1v) is 11.1. The molecule has 1 aromatic heterocycles. The van der Waals surface area contributed by atoms with E-state index in [1.54, 1.807) is 30.2 Å². The lowest BCUT2D eigenvalue weighted by atomic mass is 10.1. The summed E-state index contributed by atoms with van der Waals surface area (Å²) in [7, 11) is 1.62. The number of rotatable bonds is 7. The number of amides is 1. The SMILES string of the molecule is CCOc1ccc(C(=O)N2CCN(c3oc(/C=C/c4ccc(OC)cc4)nc3C#N)CC2)cc1. The number of anilines is 1. The predicted molar refractivity (Wildman–Crippen MR) is 129 cm³/mol. The fourth-order valence-electron chi connectivity index (χ4n) is 3.72. The number of hydrogen-bond acceptors (Lipinski definition) is 7. The largest absolute Gasteiger partial charge is 0.497 e. The highest BCUT2D eigenvalue weighted by molar-refractivity contribution is 5.94. The zero-order chi connectivity index (χ0) is 23.9. The van der Waals surface area contributed by atoms with E-state index in [9.17, 15) is 10.1 Å². The smallest absolute Gasteiger partial charge is 0.253 e. The zero-order valence-corrected chi connectivity index (χ0v) is 19.2. The average molecular weight is 459 g/mol. The van der Waals surface area contributed by atoms with Crippen molar-refractivity contribution in [1.82, 2.24) is 9.88 Å². The van der Waals surface area contributed by atoms with Gasteiger partial charge < -0.3 is 23.7 Å². The summed E-state index contributed by atoms with van der Waals surface area (Å²) >= 11 is 0. The Hall–Kier alpha value is -4.25. The van der Waals surface area contributed by atoms with Gasteiger partial charge in [-0.15, -0.1) is 0 Å². The molecule has 0 bridgehead atoms. The fourth-order valence-corrected chi connectivity index (χ4v) is 3.72. The number of carbonyl (C=O) groups excluding carboxylic acids is 1. The van der Waals surface area contributed by atoms with Crippen molar-refractivity contribution in [3.8, 4) is 17.6 Å². The Bertz CT molecular complexity index is 1190. The molecule has 2 heterocycles. The number of oxazole rings is 1. The van der Waals surface area contributed by atoms with E-state index in [4.69, 9.17) is 13.9 Å². The van der Waals surface area contributed by atoms with Gasteiger partial charge in [-0.25, -0.2) is 0 Å². The Morgan fingerprint density at radius 3 is 2.35 bits per heavy atom. The number of nitriles is 1. The molecule has 174 valence electrons. The molecule has 0 spiro atoms. The van der Waals surface area contributed by atoms with Crippen LogP contribution in [-0.2, 0) is 0 Å². The Balaban J connectivity index is 1.39. The lowest BCUT2D eigenvalue weighted by Gasteiger charge is -2.34. The molecule has 1 aliphatic heterocycles. The number of ether oxygens (including phenoxy) is 2. The van der Waals surface area contributed by atoms with Crippen molar-refractivity contribution in [2.45, 2.75) is 6.92 Å². The molecular weight excluding hydrogens is 432 g/mol. The Labute approximate surface area is 198 Å². The molecule has 0 atom stereocenters. The minimum atomic E-state index is -0.0242. The van der Waals surface area contributed by atoms with E-state index in [1.165, 1.54) is 0 Å². The summed E-state index contributed by atoms with van der Waals surface area (Å²) in [6.07, 6.45) is 3.60. The third-order valence-electron chi connectivity index (χ3n) is 5.53. The lowest BCUT2D eigenvalue weighted by Crippen LogP contribution is -2.48. The molecule has 0 unspecified atom stereocenters. The van der Waals surface area contributed by atoms with Crippen LogP contribution >= 0.6 is 0 Å². The molecule has 0 N–H and O–H groups in total. The van der Waals surface area contributed by atoms with E-state index in [0.717, 1.165) is 17.1 Å². The number of carbonyl (C=O) groups is 1. The molecule has 1 aliphatic rings. The third-order valence-corrected chi connectivity index (χ3v) is 5.53. The van der Waals surface area contributed by atoms with Gasteiger partial charge in [0, 0.05) is 37.8 Å². The molecular formula is C26H26N4O4. The maximum Gasteiger partial charge on any atom is 0.253 e. The average Bonchev–Trinajstić information content (AvgIpc) is 3.31. The summed E-state index contributed by atoms with van der Waals surface area (Å²) in [5.74, 6) is 2.29. The zero-order valence-electron chi connectivity index (χ0n) is 19.2. The quantitative estimate of drug-likeness (QED) is 0.527. The van der Waals surface area contributed by atoms with Crippen LogP contribution in [-0.4, -0.2) is 55.7 Å². The number of aromatic nitrogens is 1. The van der Waals surface area contributed by atoms with Crippen LogP contribution in [0.5, 0.6) is 11.5 Å². The van der Waals surface area contributed by atoms with Crippen molar-refractivity contribution >= 4 is 23.9 Å². The van der Waals surface area contributed by atoms with Gasteiger partial charge in [0.25, 0.3) is 5.91 Å². The summed E-state index contributed by atoms with van der Waals surface area (Å²) in [6, 6.07) is 16.9. The minimum absolute atomic E-state index is 0.0242. The molecule has 8 heteroatoms. The molecule has 4 rings (SSSR count). The van der Waals surface area contributed by atoms with Gasteiger partial charge in [0.2, 0.25) is 17.5 Å². The van der Waals surface area contributed by atoms with Gasteiger partial charge in [0.1, 0.15) is 17.6 Å². The van der Waals surface area contributed by atoms with Gasteiger partial charge in [0.05, 0.1) is 13.7 Å². The number of hydrogen-bond donors (Lipinski definition) is 0. The van der Waals surface area contributed by atoms with Gasteiger partial charge in [0.15, 0.2) is 0 Å². The summed E-state index contributed by atoms with van der Waals surface area (Å²) < 4.78 is 16.5. The highest BCUT2D eigenvalue weighted by Gasteiger charge is 2.26. The van der Waals surface area contributed by atoms with Crippen LogP contribution in [0.25, 0.3) is 12.2 Å². The number of piperazine rings is 1. The van der Waals surface area contributed by atoms with E-state index in [0.29, 0.717) is 50.1 Å². The molecule has 34 heavy (non-hydrogen) atoms. The minimum Gasteiger partial charge on any atom is -0.497 e. The van der Waals surface area contributed by atoms with Crippen LogP contribution in [0.1, 0.15) is 34.4 Å². The molecule has 0 radical (unpaired) electrons. The Morgan fingerprint density at radius 2 is 1.74 bits per heavy atom. The van der Waals surface area contributed by atoms with Crippen molar-refractivity contribution in [2.24, 2.45) is 0 Å². The second-order valence-corrected chi connectivity index (χ2v) is 7.66. The maximum atomic E-state index is 12.9. The van der Waals surface area contributed by atoms with E-state index < -0.39 is 0 Å². The molecule has 8 nitrogen and oxygen atoms in total. The van der Waals surface area contributed by atoms with Gasteiger partial charge >= 0.3 is 0 Å². The number of nitrogens with zero attached hydrogens (tertiary/aromatic N) is 4. The molecule has 0 saturated carbocycles. The second kappa shape index (κ2) is 10.6. The fraction of sp³-hybridized carbons (Fsp3) is 0.269. The van der Waals surface area contributed by atoms with Crippen LogP contribution in [0.4, 0.5) is 5.88 Å². The monoisotopic (exact) mass is 458 g/mol. The van der Waals surface area contributed by atoms with E-state index >= 15 is 0 Å². The summed E-state index contributed by atoms with van der Waals surface area (Å²) in [4.78, 5) is 20.9. The molecule has 1 amide bonds. The Morgan fingerprint density at radius 1 is 1.06 bits per heavy atom. The molecule has 3 aromatic rings. The predicted octanol–water partition coefficient (Wildman–Crippen LogP) is 4.09. The molecule has 1 saturated heterocycles. The van der Waals surface area contributed by atoms with Gasteiger partial charge in [-0.2, -0.15) is 10.2 Å². The molecule has 2 aromatic carbocycles. The first-order valence-electron chi connectivity index (χ1n) is 11.1. The van der Waals surface area contributed by atoms with Crippen molar-refractivity contribution in [3.05, 3.63) is 71.2 Å². The van der Waals surface area contributed by atoms with Gasteiger partial charge in [-0.1, -0.05) is 12.1 Å². The molecule has 1 fully saturated rings. The van der Waals surface area contributed by atoms with Gasteiger partial charge in [-0.3, -0.25) is 4.79 Å². The van der Waals surface area contributed by atoms with Crippen LogP contribution < -0.4 is 14.4 Å². The normalized spacial score (nSPS) is 13.7. The van der Waals surface area contributed by atoms with E-state index in [1.807, 2.05) is 54.3 Å². The highest BCUT2D eigenvalue weighted by Crippen LogP contribution is 2.25. The van der Waals surface area contributed by atoms with Crippen LogP contribution in [0.2, 0.25) is 0 Å². The third kappa shape index (κ3) is 5.21. The van der Waals surface area contributed by atoms with Crippen molar-refractivity contribution in [3.63, 3.8) is 0 Å². The standard InChI is InChI=1S/C26H26N4O4/c1-3-33-22-11-7-20(8-12-22)25(31)29-14-16-30(17-15-29)26-23(18-27)28-24(34-26)13-6-19-4-9-21(32-2)10-5-19/h4-13H,3,14-17H2,1-2H3/b13-6+. The van der Waals surface area contributed by atoms with Crippen molar-refractivity contribution in [1.29, 1.82) is 5.26 Å². The van der Waals surface area contributed by atoms with Gasteiger partial charge in [-0.05, 0) is 55.0 Å². The molecule has 0 aliphatic carbocycles. The lowest BCUT2D eigenvalue weighted by molar-refractivity contribution is 0.0745. The summed E-state index contributed by atoms with van der Waals surface area (Å²) in [5, 5.41) is 9.54. The van der Waals surface area contributed by atoms with Crippen molar-refractivity contribution < 1.29 is 18.7 Å². The van der Waals surface area contributed by atoms with Crippen LogP contribution in [0.15, 0.2) is 52.9 Å². The first-order chi connectivity index (χ1) is 16.6. The summed E-state index contributed by atoms with van der Waals surface area (Å²) in [5.41, 5.74) is 1.82. The first kappa shape index (κ1) is 22.9. The van der Waals surface area contributed by atoms with E-state index in [-0.39, 0.29) is 11.6 Å². The maximum absolute atomic E-state index is 12.9. The number of methoxy groups -OCH3 is 1. The van der Waals surface area contributed by atoms with Crippen molar-refractivity contribution in [2.75, 3.05) is 44.8 Å². The topological polar surface area (TPSA) is 91.8 Å². The van der Waals surface area contributed by atoms with Crippen LogP contribution in [0, 0.1) is 11.3 Å². The number of benzene rings is 2. The second-order valence-electron chi connectivity index (χ2n) is 7.66. The Kier molecular flexibility index (Phi) is 7.13. The van der Waals surface area contributed by atoms with Crippen LogP contribution in [0.3, 0.4) is 0 Å². The summed E-state index contributed by atoms with van der Waals surface area (Å²) in [6.45, 7) is 4.65. The van der Waals surface area contributed by atoms with E-state index in [2.05, 4.69) is 11.1 Å². The highest BCUT2D eigenvalue weighted by atomic mass is 16.5.